The van der Waals surface area contributed by atoms with Gasteiger partial charge >= 0.3 is 0 Å². The summed E-state index contributed by atoms with van der Waals surface area (Å²) in [6.45, 7) is 13.1. The summed E-state index contributed by atoms with van der Waals surface area (Å²) in [4.78, 5) is 35.3. The molecular formula is C25H34N2O4. The minimum Gasteiger partial charge on any atom is -0.507 e. The van der Waals surface area contributed by atoms with E-state index in [2.05, 4.69) is 52.2 Å². The van der Waals surface area contributed by atoms with Gasteiger partial charge in [0.05, 0.1) is 5.70 Å². The molecule has 168 valence electrons. The lowest BCUT2D eigenvalue weighted by molar-refractivity contribution is -0.121. The largest absolute Gasteiger partial charge is 0.507 e. The van der Waals surface area contributed by atoms with Gasteiger partial charge in [0.1, 0.15) is 5.75 Å². The van der Waals surface area contributed by atoms with E-state index in [-0.39, 0.29) is 34.0 Å². The number of benzene rings is 1. The van der Waals surface area contributed by atoms with Gasteiger partial charge < -0.3 is 15.7 Å². The molecule has 3 N–H and O–H groups in total. The molecule has 1 aromatic rings. The summed E-state index contributed by atoms with van der Waals surface area (Å²) in [5.74, 6) is -0.240. The molecule has 0 fully saturated rings. The zero-order valence-corrected chi connectivity index (χ0v) is 19.4. The molecule has 6 heteroatoms. The average Bonchev–Trinajstić information content (AvgIpc) is 2.65. The summed E-state index contributed by atoms with van der Waals surface area (Å²) in [6.07, 6.45) is 4.61. The van der Waals surface area contributed by atoms with Gasteiger partial charge in [-0.05, 0) is 46.1 Å². The van der Waals surface area contributed by atoms with Gasteiger partial charge in [0.25, 0.3) is 0 Å². The second kappa shape index (κ2) is 9.50. The number of hydrogen-bond donors (Lipinski definition) is 3. The normalized spacial score (nSPS) is 14.5. The molecule has 0 aliphatic heterocycles. The molecular weight excluding hydrogens is 392 g/mol. The number of rotatable bonds is 7. The highest BCUT2D eigenvalue weighted by atomic mass is 16.3. The number of ketones is 2. The number of aromatic hydroxyl groups is 1. The maximum Gasteiger partial charge on any atom is 0.220 e. The van der Waals surface area contributed by atoms with Crippen molar-refractivity contribution in [1.29, 1.82) is 0 Å². The van der Waals surface area contributed by atoms with Gasteiger partial charge in [0, 0.05) is 25.6 Å². The van der Waals surface area contributed by atoms with Crippen LogP contribution in [-0.2, 0) is 31.6 Å². The Hall–Kier alpha value is -2.89. The molecule has 0 aromatic heterocycles. The van der Waals surface area contributed by atoms with Gasteiger partial charge in [-0.2, -0.15) is 0 Å². The highest BCUT2D eigenvalue weighted by molar-refractivity contribution is 6.16. The molecule has 0 heterocycles. The molecule has 1 aliphatic rings. The van der Waals surface area contributed by atoms with Crippen LogP contribution in [0.2, 0.25) is 0 Å². The molecule has 0 unspecified atom stereocenters. The quantitative estimate of drug-likeness (QED) is 0.460. The van der Waals surface area contributed by atoms with Crippen molar-refractivity contribution in [3.05, 3.63) is 52.7 Å². The zero-order valence-electron chi connectivity index (χ0n) is 19.4. The number of hydrogen-bond acceptors (Lipinski definition) is 5. The van der Waals surface area contributed by atoms with Crippen molar-refractivity contribution in [1.82, 2.24) is 10.6 Å². The van der Waals surface area contributed by atoms with E-state index >= 15 is 0 Å². The van der Waals surface area contributed by atoms with E-state index in [1.54, 1.807) is 0 Å². The van der Waals surface area contributed by atoms with Crippen molar-refractivity contribution < 1.29 is 19.5 Å². The van der Waals surface area contributed by atoms with Crippen molar-refractivity contribution in [3.63, 3.8) is 0 Å². The number of allylic oxidation sites excluding steroid dienone is 3. The summed E-state index contributed by atoms with van der Waals surface area (Å²) < 4.78 is 0. The molecule has 1 amide bonds. The molecule has 2 rings (SSSR count). The fourth-order valence-electron chi connectivity index (χ4n) is 3.37. The van der Waals surface area contributed by atoms with E-state index in [4.69, 9.17) is 0 Å². The number of nitrogens with one attached hydrogen (secondary N) is 2. The van der Waals surface area contributed by atoms with E-state index in [9.17, 15) is 19.5 Å². The maximum absolute atomic E-state index is 12.3. The first-order valence-corrected chi connectivity index (χ1v) is 10.6. The topological polar surface area (TPSA) is 95.5 Å². The minimum atomic E-state index is -0.248. The lowest BCUT2D eigenvalue weighted by Gasteiger charge is -2.28. The smallest absolute Gasteiger partial charge is 0.220 e. The van der Waals surface area contributed by atoms with Gasteiger partial charge in [-0.3, -0.25) is 14.4 Å². The summed E-state index contributed by atoms with van der Waals surface area (Å²) in [5, 5.41) is 16.5. The van der Waals surface area contributed by atoms with Crippen LogP contribution >= 0.6 is 0 Å². The maximum atomic E-state index is 12.3. The highest BCUT2D eigenvalue weighted by Gasteiger charge is 2.26. The van der Waals surface area contributed by atoms with Crippen LogP contribution in [0.15, 0.2) is 36.1 Å². The van der Waals surface area contributed by atoms with Crippen LogP contribution in [-0.4, -0.2) is 35.7 Å². The van der Waals surface area contributed by atoms with E-state index in [0.29, 0.717) is 31.7 Å². The molecule has 0 spiro atoms. The summed E-state index contributed by atoms with van der Waals surface area (Å²) >= 11 is 0. The number of carbonyl (C=O) groups is 3. The van der Waals surface area contributed by atoms with Gasteiger partial charge in [0.15, 0.2) is 5.78 Å². The number of aryl methyl sites for hydroxylation is 1. The lowest BCUT2D eigenvalue weighted by atomic mass is 9.78. The van der Waals surface area contributed by atoms with E-state index < -0.39 is 0 Å². The Kier molecular flexibility index (Phi) is 7.47. The molecule has 0 saturated heterocycles. The van der Waals surface area contributed by atoms with Gasteiger partial charge in [-0.1, -0.05) is 53.7 Å². The highest BCUT2D eigenvalue weighted by Crippen LogP contribution is 2.39. The molecule has 0 atom stereocenters. The second-order valence-electron chi connectivity index (χ2n) is 9.97. The fourth-order valence-corrected chi connectivity index (χ4v) is 3.37. The van der Waals surface area contributed by atoms with Crippen LogP contribution in [0.3, 0.4) is 0 Å². The Morgan fingerprint density at radius 2 is 1.52 bits per heavy atom. The predicted molar refractivity (Wildman–Crippen MR) is 122 cm³/mol. The van der Waals surface area contributed by atoms with E-state index in [0.717, 1.165) is 16.7 Å². The third kappa shape index (κ3) is 6.81. The lowest BCUT2D eigenvalue weighted by Crippen LogP contribution is -2.33. The first kappa shape index (κ1) is 24.4. The molecule has 0 bridgehead atoms. The van der Waals surface area contributed by atoms with Crippen LogP contribution in [0.1, 0.15) is 64.7 Å². The van der Waals surface area contributed by atoms with Crippen LogP contribution in [0.5, 0.6) is 5.75 Å². The Labute approximate surface area is 184 Å². The average molecular weight is 427 g/mol. The standard InChI is InChI=1S/C25H34N2O4/c1-24(2,3)18-13-16(14-19(23(18)31)25(4,5)6)7-10-22(30)27-12-11-26-20-15-17(28)8-9-21(20)29/h8-9,13-15,26,31H,7,10-12H2,1-6H3,(H,27,30). The van der Waals surface area contributed by atoms with Crippen molar-refractivity contribution in [2.75, 3.05) is 13.1 Å². The van der Waals surface area contributed by atoms with Crippen LogP contribution in [0.4, 0.5) is 0 Å². The molecule has 0 saturated carbocycles. The van der Waals surface area contributed by atoms with E-state index in [1.807, 2.05) is 12.1 Å². The van der Waals surface area contributed by atoms with Gasteiger partial charge in [0.2, 0.25) is 11.7 Å². The van der Waals surface area contributed by atoms with Crippen molar-refractivity contribution >= 4 is 17.5 Å². The third-order valence-corrected chi connectivity index (χ3v) is 5.14. The number of amides is 1. The van der Waals surface area contributed by atoms with Crippen molar-refractivity contribution in [3.8, 4) is 5.75 Å². The predicted octanol–water partition coefficient (Wildman–Crippen LogP) is 3.22. The summed E-state index contributed by atoms with van der Waals surface area (Å²) in [5.41, 5.74) is 2.60. The van der Waals surface area contributed by atoms with Crippen molar-refractivity contribution in [2.45, 2.75) is 65.2 Å². The Balaban J connectivity index is 1.94. The first-order chi connectivity index (χ1) is 14.3. The van der Waals surface area contributed by atoms with Crippen molar-refractivity contribution in [2.24, 2.45) is 0 Å². The molecule has 1 aliphatic carbocycles. The van der Waals surface area contributed by atoms with E-state index in [1.165, 1.54) is 18.2 Å². The Morgan fingerprint density at radius 1 is 0.935 bits per heavy atom. The van der Waals surface area contributed by atoms with Crippen LogP contribution in [0.25, 0.3) is 0 Å². The second-order valence-corrected chi connectivity index (χ2v) is 9.97. The third-order valence-electron chi connectivity index (χ3n) is 5.14. The molecule has 6 nitrogen and oxygen atoms in total. The Morgan fingerprint density at radius 3 is 2.06 bits per heavy atom. The number of carbonyl (C=O) groups excluding carboxylic acids is 3. The number of phenolic OH excluding ortho intramolecular Hbond substituents is 1. The molecule has 1 aromatic carbocycles. The van der Waals surface area contributed by atoms with Crippen LogP contribution in [0, 0.1) is 0 Å². The van der Waals surface area contributed by atoms with Gasteiger partial charge in [-0.25, -0.2) is 0 Å². The molecule has 0 radical (unpaired) electrons. The number of phenols is 1. The minimum absolute atomic E-state index is 0.0931. The van der Waals surface area contributed by atoms with Crippen LogP contribution < -0.4 is 10.6 Å². The molecule has 31 heavy (non-hydrogen) atoms. The fraction of sp³-hybridized carbons (Fsp3) is 0.480. The SMILES string of the molecule is CC(C)(C)c1cc(CCC(=O)NCCNC2=CC(=O)C=CC2=O)cc(C(C)(C)C)c1O. The summed E-state index contributed by atoms with van der Waals surface area (Å²) in [7, 11) is 0. The van der Waals surface area contributed by atoms with Gasteiger partial charge in [-0.15, -0.1) is 0 Å². The summed E-state index contributed by atoms with van der Waals surface area (Å²) in [6, 6.07) is 3.98. The monoisotopic (exact) mass is 426 g/mol. The first-order valence-electron chi connectivity index (χ1n) is 10.6. The Bertz CT molecular complexity index is 893. The zero-order chi connectivity index (χ0) is 23.4.